The minimum Gasteiger partial charge on any atom is -0.462 e. The van der Waals surface area contributed by atoms with Crippen LogP contribution < -0.4 is 0 Å². The Labute approximate surface area is 447 Å². The summed E-state index contributed by atoms with van der Waals surface area (Å²) in [4.78, 5) is 14.1. The molecule has 1 unspecified atom stereocenters. The molecule has 28 atom stereocenters. The van der Waals surface area contributed by atoms with Gasteiger partial charge in [-0.3, -0.25) is 4.79 Å². The Balaban J connectivity index is 0.974. The predicted molar refractivity (Wildman–Crippen MR) is 262 cm³/mol. The maximum absolute atomic E-state index is 14.1. The summed E-state index contributed by atoms with van der Waals surface area (Å²) >= 11 is 0. The summed E-state index contributed by atoms with van der Waals surface area (Å²) in [5.74, 6) is -0.991. The van der Waals surface area contributed by atoms with E-state index in [9.17, 15) is 86.5 Å². The number of carbonyl (C=O) groups excluding carboxylic acids is 1. The second-order valence-electron chi connectivity index (χ2n) is 24.9. The molecular formula is C53H86O24. The van der Waals surface area contributed by atoms with E-state index in [2.05, 4.69) is 32.9 Å². The van der Waals surface area contributed by atoms with Gasteiger partial charge in [0.1, 0.15) is 92.1 Å². The highest BCUT2D eigenvalue weighted by atomic mass is 16.7. The highest BCUT2D eigenvalue weighted by molar-refractivity contribution is 5.77. The summed E-state index contributed by atoms with van der Waals surface area (Å²) in [6, 6.07) is 0. The molecular weight excluding hydrogens is 1020 g/mol. The second-order valence-corrected chi connectivity index (χ2v) is 24.9. The molecule has 3 heterocycles. The summed E-state index contributed by atoms with van der Waals surface area (Å²) in [7, 11) is 0. The highest BCUT2D eigenvalue weighted by Crippen LogP contribution is 2.74. The minimum absolute atomic E-state index is 0.0916. The normalized spacial score (nSPS) is 51.1. The number of aliphatic hydroxyl groups is 16. The van der Waals surface area contributed by atoms with E-state index in [1.807, 2.05) is 6.92 Å². The molecule has 24 nitrogen and oxygen atoms in total. The highest BCUT2D eigenvalue weighted by Gasteiger charge is 2.69. The summed E-state index contributed by atoms with van der Waals surface area (Å²) in [5.41, 5.74) is -3.23. The summed E-state index contributed by atoms with van der Waals surface area (Å²) < 4.78 is 40.3. The molecule has 8 rings (SSSR count). The van der Waals surface area contributed by atoms with E-state index in [0.717, 1.165) is 11.1 Å². The Kier molecular flexibility index (Phi) is 18.0. The molecule has 8 aliphatic rings. The van der Waals surface area contributed by atoms with E-state index in [1.54, 1.807) is 13.8 Å². The van der Waals surface area contributed by atoms with Crippen LogP contribution in [0, 0.1) is 44.3 Å². The fourth-order valence-corrected chi connectivity index (χ4v) is 15.3. The number of aliphatic hydroxyl groups excluding tert-OH is 16. The van der Waals surface area contributed by atoms with Gasteiger partial charge in [-0.25, -0.2) is 0 Å². The van der Waals surface area contributed by atoms with Crippen molar-refractivity contribution in [2.75, 3.05) is 39.6 Å². The van der Waals surface area contributed by atoms with Crippen molar-refractivity contribution in [3.63, 3.8) is 0 Å². The van der Waals surface area contributed by atoms with Crippen LogP contribution in [0.15, 0.2) is 23.3 Å². The third-order valence-corrected chi connectivity index (χ3v) is 20.6. The van der Waals surface area contributed by atoms with Crippen LogP contribution in [0.25, 0.3) is 0 Å². The lowest BCUT2D eigenvalue weighted by Crippen LogP contribution is -2.67. The number of hydrogen-bond donors (Lipinski definition) is 16. The first-order valence-corrected chi connectivity index (χ1v) is 27.2. The Morgan fingerprint density at radius 1 is 0.675 bits per heavy atom. The van der Waals surface area contributed by atoms with Crippen molar-refractivity contribution in [3.8, 4) is 0 Å². The van der Waals surface area contributed by atoms with Gasteiger partial charge in [0.25, 0.3) is 0 Å². The standard InChI is InChI=1S/C53H86O24/c1-23-34(61)43(77-45-41(68)39(66)37(64)29(18-55)75-45)42(69)46(73-23)76-33-10-11-49(3)30(50(33,4)21-56)9-12-51(5)31(49)8-7-24-25-15-48(2,13-14-53(25,22-57)32(60)16-52(24,51)6)47(70)72-20-27(59)35(62)26(58)19-71-44-40(67)38(65)36(63)28(17-54)74-44/h7-8,23,26-46,54-69H,9-22H2,1-6H3/t23-,26-,27+,28-,29-,30?,31-,32-,33+,34+,35-,36-,37-,38+,39+,40-,41-,42-,43+,44-,45+,46+,48-,49+,50+,51-,52-,53-/m1/s1. The maximum atomic E-state index is 14.1. The van der Waals surface area contributed by atoms with Gasteiger partial charge in [0.15, 0.2) is 18.9 Å². The number of hydrogen-bond acceptors (Lipinski definition) is 24. The van der Waals surface area contributed by atoms with Gasteiger partial charge < -0.3 is 115 Å². The number of esters is 1. The maximum Gasteiger partial charge on any atom is 0.312 e. The van der Waals surface area contributed by atoms with E-state index in [0.29, 0.717) is 32.1 Å². The van der Waals surface area contributed by atoms with Crippen LogP contribution in [0.2, 0.25) is 0 Å². The monoisotopic (exact) mass is 1110 g/mol. The van der Waals surface area contributed by atoms with Crippen molar-refractivity contribution >= 4 is 5.97 Å². The van der Waals surface area contributed by atoms with Gasteiger partial charge in [0.2, 0.25) is 0 Å². The molecule has 0 spiro atoms. The van der Waals surface area contributed by atoms with Crippen LogP contribution in [0.4, 0.5) is 0 Å². The van der Waals surface area contributed by atoms with Gasteiger partial charge in [0, 0.05) is 16.2 Å². The Bertz CT molecular complexity index is 2130. The first kappa shape index (κ1) is 61.1. The van der Waals surface area contributed by atoms with Crippen molar-refractivity contribution in [3.05, 3.63) is 23.3 Å². The molecule has 0 aromatic rings. The topological polar surface area (TPSA) is 405 Å². The second kappa shape index (κ2) is 22.7. The summed E-state index contributed by atoms with van der Waals surface area (Å²) in [5, 5.41) is 171. The molecule has 16 N–H and O–H groups in total. The van der Waals surface area contributed by atoms with Gasteiger partial charge in [-0.2, -0.15) is 0 Å². The van der Waals surface area contributed by atoms with E-state index in [4.69, 9.17) is 33.2 Å². The molecule has 77 heavy (non-hydrogen) atoms. The lowest BCUT2D eigenvalue weighted by atomic mass is 9.35. The third-order valence-electron chi connectivity index (χ3n) is 20.6. The van der Waals surface area contributed by atoms with Gasteiger partial charge in [-0.15, -0.1) is 0 Å². The molecule has 3 saturated carbocycles. The molecule has 3 aliphatic heterocycles. The van der Waals surface area contributed by atoms with Crippen LogP contribution in [-0.2, 0) is 38.0 Å². The van der Waals surface area contributed by atoms with Crippen molar-refractivity contribution < 1.29 is 120 Å². The zero-order valence-corrected chi connectivity index (χ0v) is 44.7. The molecule has 0 bridgehead atoms. The quantitative estimate of drug-likeness (QED) is 0.0519. The average molecular weight is 1110 g/mol. The zero-order chi connectivity index (χ0) is 56.7. The summed E-state index contributed by atoms with van der Waals surface area (Å²) in [6.45, 7) is 8.19. The van der Waals surface area contributed by atoms with Gasteiger partial charge in [-0.05, 0) is 93.5 Å². The first-order valence-electron chi connectivity index (χ1n) is 27.2. The molecule has 3 saturated heterocycles. The minimum atomic E-state index is -1.93. The molecule has 5 aliphatic carbocycles. The SMILES string of the molecule is C[C@H]1O[C@@H](O[C@H]2CC[C@@]3(C)C(CC[C@]4(C)[C@@H]3C=CC3=C5C[C@](C)(C(=O)OC[C@H](O)[C@H](O)[C@H](O)CO[C@@H]6O[C@H](CO)[C@@H](O)[C@H](O)[C@H]6O)CC[C@]5(CO)[C@H](O)C[C@]34C)[C@]2(C)CO)[C@H](O)[C@@H](O[C@@H]2O[C@H](CO)[C@@H](O)[C@H](O)[C@H]2O)[C@H]1O. The molecule has 0 radical (unpaired) electrons. The van der Waals surface area contributed by atoms with E-state index < -0.39 is 188 Å². The number of ether oxygens (including phenoxy) is 7. The number of rotatable bonds is 16. The van der Waals surface area contributed by atoms with Crippen molar-refractivity contribution in [2.24, 2.45) is 44.3 Å². The Morgan fingerprint density at radius 3 is 1.88 bits per heavy atom. The third kappa shape index (κ3) is 10.1. The van der Waals surface area contributed by atoms with Crippen LogP contribution in [-0.4, -0.2) is 250 Å². The molecule has 6 fully saturated rings. The van der Waals surface area contributed by atoms with Gasteiger partial charge in [0.05, 0.1) is 56.8 Å². The Morgan fingerprint density at radius 2 is 1.27 bits per heavy atom. The number of carbonyl (C=O) groups is 1. The molecule has 0 amide bonds. The molecule has 442 valence electrons. The van der Waals surface area contributed by atoms with E-state index in [-0.39, 0.29) is 44.3 Å². The fraction of sp³-hybridized carbons (Fsp3) is 0.906. The van der Waals surface area contributed by atoms with Crippen molar-refractivity contribution in [1.82, 2.24) is 0 Å². The fourth-order valence-electron chi connectivity index (χ4n) is 15.3. The van der Waals surface area contributed by atoms with Crippen molar-refractivity contribution in [2.45, 2.75) is 216 Å². The molecule has 0 aromatic heterocycles. The van der Waals surface area contributed by atoms with E-state index in [1.165, 1.54) is 0 Å². The molecule has 24 heteroatoms. The smallest absolute Gasteiger partial charge is 0.312 e. The summed E-state index contributed by atoms with van der Waals surface area (Å²) in [6.07, 6.45) is -23.1. The van der Waals surface area contributed by atoms with Crippen LogP contribution in [0.3, 0.4) is 0 Å². The lowest BCUT2D eigenvalue weighted by molar-refractivity contribution is -0.367. The number of fused-ring (bicyclic) bond motifs is 6. The van der Waals surface area contributed by atoms with Gasteiger partial charge in [-0.1, -0.05) is 45.4 Å². The zero-order valence-electron chi connectivity index (χ0n) is 44.7. The van der Waals surface area contributed by atoms with Crippen LogP contribution in [0.1, 0.15) is 92.9 Å². The Hall–Kier alpha value is -1.93. The average Bonchev–Trinajstić information content (AvgIpc) is 3.55. The predicted octanol–water partition coefficient (Wildman–Crippen LogP) is -3.90. The van der Waals surface area contributed by atoms with Crippen LogP contribution in [0.5, 0.6) is 0 Å². The number of allylic oxidation sites excluding steroid dienone is 3. The van der Waals surface area contributed by atoms with Gasteiger partial charge >= 0.3 is 5.97 Å². The largest absolute Gasteiger partial charge is 0.462 e. The van der Waals surface area contributed by atoms with Crippen LogP contribution >= 0.6 is 0 Å². The lowest BCUT2D eigenvalue weighted by Gasteiger charge is -2.70. The van der Waals surface area contributed by atoms with E-state index >= 15 is 0 Å². The van der Waals surface area contributed by atoms with Crippen molar-refractivity contribution in [1.29, 1.82) is 0 Å². The first-order chi connectivity index (χ1) is 36.1. The molecule has 0 aromatic carbocycles.